The lowest BCUT2D eigenvalue weighted by molar-refractivity contribution is 0.113. The summed E-state index contributed by atoms with van der Waals surface area (Å²) in [6.07, 6.45) is 3.51. The van der Waals surface area contributed by atoms with Gasteiger partial charge in [-0.25, -0.2) is 4.79 Å². The van der Waals surface area contributed by atoms with E-state index in [1.807, 2.05) is 36.4 Å². The second-order valence-corrected chi connectivity index (χ2v) is 6.91. The summed E-state index contributed by atoms with van der Waals surface area (Å²) in [6.45, 7) is 5.50. The molecular weight excluding hydrogens is 330 g/mol. The van der Waals surface area contributed by atoms with Gasteiger partial charge in [-0.2, -0.15) is 10.1 Å². The lowest BCUT2D eigenvalue weighted by Crippen LogP contribution is -2.32. The number of aryl methyl sites for hydroxylation is 1. The molecule has 3 heterocycles. The summed E-state index contributed by atoms with van der Waals surface area (Å²) in [4.78, 5) is 14.3. The summed E-state index contributed by atoms with van der Waals surface area (Å²) >= 11 is 0. The highest BCUT2D eigenvalue weighted by molar-refractivity contribution is 5.79. The zero-order valence-corrected chi connectivity index (χ0v) is 14.9. The summed E-state index contributed by atoms with van der Waals surface area (Å²) in [7, 11) is 0. The maximum Gasteiger partial charge on any atom is 0.430 e. The number of likely N-dealkylation sites (tertiary alicyclic amines) is 1. The van der Waals surface area contributed by atoms with Crippen LogP contribution in [0.15, 0.2) is 45.9 Å². The quantitative estimate of drug-likeness (QED) is 0.772. The Morgan fingerprint density at radius 3 is 2.69 bits per heavy atom. The molecule has 4 rings (SSSR count). The van der Waals surface area contributed by atoms with Gasteiger partial charge in [0.05, 0.1) is 12.8 Å². The normalized spacial score (nSPS) is 21.0. The average molecular weight is 353 g/mol. The molecule has 0 saturated carbocycles. The molecule has 0 spiro atoms. The molecule has 2 fully saturated rings. The number of hydrogen-bond donors (Lipinski definition) is 0. The molecule has 1 atom stereocenters. The Kier molecular flexibility index (Phi) is 4.75. The fourth-order valence-electron chi connectivity index (χ4n) is 3.37. The molecule has 1 aromatic carbocycles. The van der Waals surface area contributed by atoms with E-state index in [9.17, 15) is 4.79 Å². The van der Waals surface area contributed by atoms with E-state index in [0.717, 1.165) is 31.0 Å². The molecule has 1 unspecified atom stereocenters. The number of hydrogen-bond acceptors (Lipinski definition) is 5. The van der Waals surface area contributed by atoms with Gasteiger partial charge in [0.25, 0.3) is 0 Å². The second-order valence-electron chi connectivity index (χ2n) is 6.91. The van der Waals surface area contributed by atoms with Crippen LogP contribution in [-0.2, 0) is 4.74 Å². The molecule has 2 aliphatic heterocycles. The van der Waals surface area contributed by atoms with Gasteiger partial charge in [0.1, 0.15) is 17.6 Å². The van der Waals surface area contributed by atoms with Gasteiger partial charge >= 0.3 is 6.09 Å². The van der Waals surface area contributed by atoms with E-state index in [0.29, 0.717) is 12.3 Å². The molecule has 0 bridgehead atoms. The highest BCUT2D eigenvalue weighted by Gasteiger charge is 2.32. The van der Waals surface area contributed by atoms with Gasteiger partial charge in [0.2, 0.25) is 0 Å². The van der Waals surface area contributed by atoms with Crippen LogP contribution in [0.1, 0.15) is 24.2 Å². The average Bonchev–Trinajstić information content (AvgIpc) is 3.36. The molecule has 2 aliphatic rings. The van der Waals surface area contributed by atoms with Crippen molar-refractivity contribution >= 4 is 12.3 Å². The topological polar surface area (TPSA) is 58.3 Å². The maximum atomic E-state index is 12.0. The van der Waals surface area contributed by atoms with Gasteiger partial charge in [0.15, 0.2) is 0 Å². The molecule has 6 heteroatoms. The number of hydrazone groups is 1. The van der Waals surface area contributed by atoms with E-state index in [1.54, 1.807) is 6.21 Å². The second kappa shape index (κ2) is 7.33. The third-order valence-electron chi connectivity index (χ3n) is 4.80. The Balaban J connectivity index is 1.37. The Hall–Kier alpha value is -2.60. The highest BCUT2D eigenvalue weighted by atomic mass is 16.6. The monoisotopic (exact) mass is 353 g/mol. The van der Waals surface area contributed by atoms with Gasteiger partial charge in [-0.1, -0.05) is 29.8 Å². The predicted octanol–water partition coefficient (Wildman–Crippen LogP) is 3.51. The van der Waals surface area contributed by atoms with Crippen molar-refractivity contribution in [1.82, 2.24) is 9.91 Å². The molecule has 136 valence electrons. The number of ether oxygens (including phenoxy) is 1. The Bertz CT molecular complexity index is 791. The highest BCUT2D eigenvalue weighted by Crippen LogP contribution is 2.22. The SMILES string of the molecule is Cc1ccc(-c2ccc(C=NN3CC(CN4CCCC4)OC3=O)o2)cc1. The van der Waals surface area contributed by atoms with E-state index < -0.39 is 6.09 Å². The number of rotatable bonds is 5. The van der Waals surface area contributed by atoms with Crippen molar-refractivity contribution in [1.29, 1.82) is 0 Å². The van der Waals surface area contributed by atoms with Crippen molar-refractivity contribution < 1.29 is 13.9 Å². The molecule has 2 saturated heterocycles. The van der Waals surface area contributed by atoms with Crippen LogP contribution in [0.5, 0.6) is 0 Å². The summed E-state index contributed by atoms with van der Waals surface area (Å²) in [5, 5.41) is 5.61. The van der Waals surface area contributed by atoms with Crippen LogP contribution < -0.4 is 0 Å². The van der Waals surface area contributed by atoms with Crippen LogP contribution in [0.25, 0.3) is 11.3 Å². The summed E-state index contributed by atoms with van der Waals surface area (Å²) in [6, 6.07) is 11.9. The molecule has 6 nitrogen and oxygen atoms in total. The van der Waals surface area contributed by atoms with Crippen LogP contribution in [-0.4, -0.2) is 54.5 Å². The van der Waals surface area contributed by atoms with Crippen LogP contribution in [0.2, 0.25) is 0 Å². The summed E-state index contributed by atoms with van der Waals surface area (Å²) in [5.74, 6) is 1.39. The Morgan fingerprint density at radius 1 is 1.15 bits per heavy atom. The van der Waals surface area contributed by atoms with E-state index in [1.165, 1.54) is 23.4 Å². The number of carbonyl (C=O) groups excluding carboxylic acids is 1. The van der Waals surface area contributed by atoms with E-state index in [-0.39, 0.29) is 6.10 Å². The Labute approximate surface area is 153 Å². The largest absolute Gasteiger partial charge is 0.455 e. The van der Waals surface area contributed by atoms with Crippen LogP contribution in [0.3, 0.4) is 0 Å². The minimum absolute atomic E-state index is 0.113. The van der Waals surface area contributed by atoms with E-state index in [4.69, 9.17) is 9.15 Å². The Morgan fingerprint density at radius 2 is 1.92 bits per heavy atom. The predicted molar refractivity (Wildman–Crippen MR) is 99.1 cm³/mol. The first-order valence-corrected chi connectivity index (χ1v) is 9.09. The van der Waals surface area contributed by atoms with Gasteiger partial charge in [-0.05, 0) is 45.0 Å². The summed E-state index contributed by atoms with van der Waals surface area (Å²) in [5.41, 5.74) is 2.22. The maximum absolute atomic E-state index is 12.0. The van der Waals surface area contributed by atoms with Crippen molar-refractivity contribution in [3.05, 3.63) is 47.7 Å². The number of cyclic esters (lactones) is 1. The molecule has 0 N–H and O–H groups in total. The molecule has 1 aromatic heterocycles. The number of amides is 1. The number of carbonyl (C=O) groups is 1. The van der Waals surface area contributed by atoms with Crippen molar-refractivity contribution in [2.45, 2.75) is 25.9 Å². The molecule has 1 amide bonds. The molecule has 0 radical (unpaired) electrons. The van der Waals surface area contributed by atoms with Crippen LogP contribution in [0.4, 0.5) is 4.79 Å². The first-order valence-electron chi connectivity index (χ1n) is 9.09. The van der Waals surface area contributed by atoms with Crippen molar-refractivity contribution in [2.24, 2.45) is 5.10 Å². The first kappa shape index (κ1) is 16.8. The van der Waals surface area contributed by atoms with Gasteiger partial charge < -0.3 is 9.15 Å². The number of nitrogens with zero attached hydrogens (tertiary/aromatic N) is 3. The fraction of sp³-hybridized carbons (Fsp3) is 0.400. The molecular formula is C20H23N3O3. The third kappa shape index (κ3) is 3.80. The molecule has 26 heavy (non-hydrogen) atoms. The minimum Gasteiger partial charge on any atom is -0.455 e. The van der Waals surface area contributed by atoms with E-state index >= 15 is 0 Å². The van der Waals surface area contributed by atoms with Crippen LogP contribution in [0, 0.1) is 6.92 Å². The van der Waals surface area contributed by atoms with Gasteiger partial charge in [0, 0.05) is 12.1 Å². The smallest absolute Gasteiger partial charge is 0.430 e. The van der Waals surface area contributed by atoms with Crippen molar-refractivity contribution in [3.63, 3.8) is 0 Å². The first-order chi connectivity index (χ1) is 12.7. The third-order valence-corrected chi connectivity index (χ3v) is 4.80. The van der Waals surface area contributed by atoms with Gasteiger partial charge in [-0.3, -0.25) is 4.90 Å². The van der Waals surface area contributed by atoms with Crippen LogP contribution >= 0.6 is 0 Å². The molecule has 0 aliphatic carbocycles. The molecule has 2 aromatic rings. The summed E-state index contributed by atoms with van der Waals surface area (Å²) < 4.78 is 11.2. The number of benzene rings is 1. The van der Waals surface area contributed by atoms with Crippen molar-refractivity contribution in [2.75, 3.05) is 26.2 Å². The standard InChI is InChI=1S/C20H23N3O3/c1-15-4-6-16(7-5-15)19-9-8-17(25-19)12-21-23-14-18(26-20(23)24)13-22-10-2-3-11-22/h4-9,12,18H,2-3,10-11,13-14H2,1H3. The zero-order chi connectivity index (χ0) is 17.9. The lowest BCUT2D eigenvalue weighted by Gasteiger charge is -2.17. The van der Waals surface area contributed by atoms with Gasteiger partial charge in [-0.15, -0.1) is 0 Å². The fourth-order valence-corrected chi connectivity index (χ4v) is 3.37. The van der Waals surface area contributed by atoms with E-state index in [2.05, 4.69) is 16.9 Å². The zero-order valence-electron chi connectivity index (χ0n) is 14.9. The van der Waals surface area contributed by atoms with Crippen molar-refractivity contribution in [3.8, 4) is 11.3 Å². The number of furan rings is 1. The minimum atomic E-state index is -0.393. The lowest BCUT2D eigenvalue weighted by atomic mass is 10.1.